The minimum Gasteiger partial charge on any atom is -0.298 e. The van der Waals surface area contributed by atoms with Crippen LogP contribution in [-0.2, 0) is 9.54 Å². The molecule has 1 fully saturated rings. The van der Waals surface area contributed by atoms with E-state index in [4.69, 9.17) is 23.2 Å². The summed E-state index contributed by atoms with van der Waals surface area (Å²) in [6.45, 7) is 4.33. The predicted octanol–water partition coefficient (Wildman–Crippen LogP) is 4.95. The molecule has 0 amide bonds. The first kappa shape index (κ1) is 14.2. The number of fused-ring (bicyclic) bond motifs is 1. The van der Waals surface area contributed by atoms with Gasteiger partial charge in [-0.15, -0.1) is 11.8 Å². The highest BCUT2D eigenvalue weighted by molar-refractivity contribution is 8.11. The second kappa shape index (κ2) is 4.66. The quantitative estimate of drug-likeness (QED) is 0.444. The van der Waals surface area contributed by atoms with Gasteiger partial charge in [0.05, 0.1) is 9.78 Å². The van der Waals surface area contributed by atoms with Gasteiger partial charge in [-0.1, -0.05) is 73.5 Å². The largest absolute Gasteiger partial charge is 0.298 e. The van der Waals surface area contributed by atoms with E-state index in [-0.39, 0.29) is 4.75 Å². The van der Waals surface area contributed by atoms with E-state index in [1.165, 1.54) is 11.1 Å². The summed E-state index contributed by atoms with van der Waals surface area (Å²) in [6, 6.07) is 8.30. The third-order valence-corrected chi connectivity index (χ3v) is 7.01. The maximum Gasteiger partial charge on any atom is 0.151 e. The van der Waals surface area contributed by atoms with Crippen molar-refractivity contribution in [2.45, 2.75) is 28.7 Å². The Hall–Kier alpha value is -0.700. The van der Waals surface area contributed by atoms with Gasteiger partial charge in [-0.25, -0.2) is 0 Å². The lowest BCUT2D eigenvalue weighted by atomic mass is 9.84. The van der Waals surface area contributed by atoms with Crippen molar-refractivity contribution in [2.24, 2.45) is 0 Å². The van der Waals surface area contributed by atoms with Crippen LogP contribution in [0.5, 0.6) is 0 Å². The first-order chi connectivity index (χ1) is 9.46. The summed E-state index contributed by atoms with van der Waals surface area (Å²) in [5, 5.41) is 0.445. The Morgan fingerprint density at radius 1 is 1.30 bits per heavy atom. The van der Waals surface area contributed by atoms with Gasteiger partial charge in [-0.05, 0) is 17.0 Å². The molecular formula is C16H14Cl2OS. The summed E-state index contributed by atoms with van der Waals surface area (Å²) in [4.78, 5) is 11.0. The maximum absolute atomic E-state index is 11.0. The average molecular weight is 325 g/mol. The minimum atomic E-state index is -0.732. The van der Waals surface area contributed by atoms with Crippen LogP contribution < -0.4 is 0 Å². The monoisotopic (exact) mass is 324 g/mol. The Morgan fingerprint density at radius 2 is 2.00 bits per heavy atom. The lowest BCUT2D eigenvalue weighted by molar-refractivity contribution is -0.104. The van der Waals surface area contributed by atoms with Crippen molar-refractivity contribution >= 4 is 41.2 Å². The van der Waals surface area contributed by atoms with Gasteiger partial charge in [0.1, 0.15) is 4.21 Å². The minimum absolute atomic E-state index is 0.348. The van der Waals surface area contributed by atoms with Crippen LogP contribution in [-0.4, -0.2) is 10.5 Å². The molecule has 1 saturated heterocycles. The highest BCUT2D eigenvalue weighted by Crippen LogP contribution is 2.78. The Bertz CT molecular complexity index is 650. The van der Waals surface area contributed by atoms with Crippen molar-refractivity contribution in [1.82, 2.24) is 0 Å². The summed E-state index contributed by atoms with van der Waals surface area (Å²) in [5.74, 6) is 0.409. The molecule has 0 aromatic heterocycles. The van der Waals surface area contributed by atoms with Gasteiger partial charge in [0.2, 0.25) is 0 Å². The summed E-state index contributed by atoms with van der Waals surface area (Å²) in [6.07, 6.45) is 4.56. The number of carbonyl (C=O) groups is 1. The number of aldehydes is 1. The van der Waals surface area contributed by atoms with Crippen molar-refractivity contribution in [3.8, 4) is 0 Å². The lowest BCUT2D eigenvalue weighted by Gasteiger charge is -2.23. The average Bonchev–Trinajstić information content (AvgIpc) is 3.08. The summed E-state index contributed by atoms with van der Waals surface area (Å²) >= 11 is 14.6. The Kier molecular flexibility index (Phi) is 3.32. The Balaban J connectivity index is 2.14. The number of carbonyl (C=O) groups excluding carboxylic acids is 1. The molecule has 1 aromatic carbocycles. The third-order valence-electron chi connectivity index (χ3n) is 3.88. The lowest BCUT2D eigenvalue weighted by Crippen LogP contribution is -2.23. The number of rotatable bonds is 3. The van der Waals surface area contributed by atoms with Gasteiger partial charge >= 0.3 is 0 Å². The zero-order valence-corrected chi connectivity index (χ0v) is 13.5. The van der Waals surface area contributed by atoms with E-state index in [1.807, 2.05) is 18.2 Å². The van der Waals surface area contributed by atoms with Crippen LogP contribution >= 0.6 is 35.0 Å². The molecule has 3 rings (SSSR count). The van der Waals surface area contributed by atoms with Gasteiger partial charge < -0.3 is 0 Å². The van der Waals surface area contributed by atoms with Gasteiger partial charge in [-0.3, -0.25) is 4.79 Å². The molecule has 0 bridgehead atoms. The van der Waals surface area contributed by atoms with Gasteiger partial charge in [0.15, 0.2) is 6.29 Å². The van der Waals surface area contributed by atoms with Gasteiger partial charge in [0.25, 0.3) is 0 Å². The van der Waals surface area contributed by atoms with Crippen molar-refractivity contribution in [3.63, 3.8) is 0 Å². The second-order valence-corrected chi connectivity index (χ2v) is 8.02. The zero-order chi connectivity index (χ0) is 14.5. The van der Waals surface area contributed by atoms with E-state index in [2.05, 4.69) is 26.0 Å². The summed E-state index contributed by atoms with van der Waals surface area (Å²) in [5.41, 5.74) is 2.94. The fourth-order valence-corrected chi connectivity index (χ4v) is 5.14. The fourth-order valence-electron chi connectivity index (χ4n) is 2.76. The van der Waals surface area contributed by atoms with Crippen LogP contribution in [0.1, 0.15) is 30.9 Å². The number of thioether (sulfide) groups is 1. The normalized spacial score (nSPS) is 31.4. The molecule has 0 N–H and O–H groups in total. The van der Waals surface area contributed by atoms with Crippen LogP contribution in [0, 0.1) is 0 Å². The summed E-state index contributed by atoms with van der Waals surface area (Å²) in [7, 11) is 0. The Labute approximate surface area is 133 Å². The van der Waals surface area contributed by atoms with Gasteiger partial charge in [-0.2, -0.15) is 0 Å². The molecular weight excluding hydrogens is 311 g/mol. The molecule has 104 valence electrons. The molecule has 1 aliphatic carbocycles. The number of benzene rings is 1. The van der Waals surface area contributed by atoms with E-state index in [0.717, 1.165) is 6.29 Å². The molecule has 1 aliphatic heterocycles. The number of hydrogen-bond donors (Lipinski definition) is 0. The first-order valence-corrected chi connectivity index (χ1v) is 8.06. The number of allylic oxidation sites excluding steroid dienone is 2. The maximum atomic E-state index is 11.0. The van der Waals surface area contributed by atoms with Crippen molar-refractivity contribution in [2.75, 3.05) is 0 Å². The zero-order valence-electron chi connectivity index (χ0n) is 11.2. The first-order valence-electron chi connectivity index (χ1n) is 6.49. The molecule has 4 heteroatoms. The van der Waals surface area contributed by atoms with Crippen LogP contribution in [0.4, 0.5) is 0 Å². The molecule has 2 aliphatic rings. The Morgan fingerprint density at radius 3 is 2.65 bits per heavy atom. The number of halogens is 2. The standard InChI is InChI=1S/C16H14Cl2OS/c1-10(2)12-5-3-4-6-13(12)15-8-7-11(9-19)14(17)16(15,18)20-15/h3-10H,1-2H3. The molecule has 2 atom stereocenters. The second-order valence-electron chi connectivity index (χ2n) is 5.40. The van der Waals surface area contributed by atoms with E-state index < -0.39 is 4.21 Å². The molecule has 0 radical (unpaired) electrons. The van der Waals surface area contributed by atoms with Gasteiger partial charge in [0, 0.05) is 5.57 Å². The van der Waals surface area contributed by atoms with E-state index >= 15 is 0 Å². The smallest absolute Gasteiger partial charge is 0.151 e. The van der Waals surface area contributed by atoms with Crippen molar-refractivity contribution < 1.29 is 4.79 Å². The van der Waals surface area contributed by atoms with E-state index in [1.54, 1.807) is 17.8 Å². The van der Waals surface area contributed by atoms with Crippen LogP contribution in [0.2, 0.25) is 0 Å². The molecule has 2 unspecified atom stereocenters. The molecule has 0 saturated carbocycles. The highest BCUT2D eigenvalue weighted by Gasteiger charge is 2.71. The fraction of sp³-hybridized carbons (Fsp3) is 0.312. The predicted molar refractivity (Wildman–Crippen MR) is 86.5 cm³/mol. The molecule has 20 heavy (non-hydrogen) atoms. The third kappa shape index (κ3) is 1.75. The van der Waals surface area contributed by atoms with E-state index in [0.29, 0.717) is 16.5 Å². The van der Waals surface area contributed by atoms with Crippen molar-refractivity contribution in [1.29, 1.82) is 0 Å². The van der Waals surface area contributed by atoms with Crippen LogP contribution in [0.3, 0.4) is 0 Å². The number of alkyl halides is 1. The molecule has 0 spiro atoms. The molecule has 1 aromatic rings. The SMILES string of the molecule is CC(C)c1ccccc1C12C=CC(C=O)=C(Cl)C1(Cl)S2. The van der Waals surface area contributed by atoms with Crippen LogP contribution in [0.25, 0.3) is 0 Å². The molecule has 1 nitrogen and oxygen atoms in total. The topological polar surface area (TPSA) is 17.1 Å². The molecule has 1 heterocycles. The summed E-state index contributed by atoms with van der Waals surface area (Å²) < 4.78 is -1.08. The number of hydrogen-bond acceptors (Lipinski definition) is 2. The van der Waals surface area contributed by atoms with Crippen LogP contribution in [0.15, 0.2) is 47.0 Å². The van der Waals surface area contributed by atoms with Crippen molar-refractivity contribution in [3.05, 3.63) is 58.1 Å². The highest BCUT2D eigenvalue weighted by atomic mass is 35.5. The van der Waals surface area contributed by atoms with E-state index in [9.17, 15) is 4.79 Å².